The lowest BCUT2D eigenvalue weighted by atomic mass is 10.4. The number of aliphatic carboxylic acids is 1. The second kappa shape index (κ2) is 3.50. The molecule has 0 bridgehead atoms. The number of carboxylic acid groups (broad SMARTS) is 1. The Morgan fingerprint density at radius 1 is 1.89 bits per heavy atom. The van der Waals surface area contributed by atoms with Gasteiger partial charge in [0.05, 0.1) is 0 Å². The van der Waals surface area contributed by atoms with E-state index in [0.29, 0.717) is 0 Å². The zero-order chi connectivity index (χ0) is 7.44. The molecule has 0 aliphatic carbocycles. The lowest BCUT2D eigenvalue weighted by molar-refractivity contribution is -0.171. The first kappa shape index (κ1) is 8.49. The average Bonchev–Trinajstić information content (AvgIpc) is 1.63. The second-order valence-corrected chi connectivity index (χ2v) is 2.12. The van der Waals surface area contributed by atoms with Gasteiger partial charge in [-0.15, -0.1) is 0 Å². The molecule has 0 aliphatic heterocycles. The first-order chi connectivity index (χ1) is 4.04. The molecule has 0 saturated heterocycles. The van der Waals surface area contributed by atoms with E-state index in [1.54, 1.807) is 0 Å². The van der Waals surface area contributed by atoms with Crippen LogP contribution in [0.1, 0.15) is 6.92 Å². The van der Waals surface area contributed by atoms with E-state index in [4.69, 9.17) is 10.00 Å². The number of nitrogens with zero attached hydrogens (tertiary/aromatic N) is 1. The molecule has 0 aromatic heterocycles. The van der Waals surface area contributed by atoms with Gasteiger partial charge in [0.1, 0.15) is 0 Å². The van der Waals surface area contributed by atoms with Gasteiger partial charge < -0.3 is 10.00 Å². The first-order valence-corrected chi connectivity index (χ1v) is 3.30. The largest absolute Gasteiger partial charge is 0.584 e. The molecule has 52 valence electrons. The van der Waals surface area contributed by atoms with E-state index in [1.807, 2.05) is 0 Å². The van der Waals surface area contributed by atoms with Gasteiger partial charge in [-0.25, -0.2) is 4.79 Å². The van der Waals surface area contributed by atoms with Gasteiger partial charge >= 0.3 is 14.1 Å². The van der Waals surface area contributed by atoms with Gasteiger partial charge in [-0.05, 0) is 6.92 Å². The number of hydrogen-bond acceptors (Lipinski definition) is 3. The smallest absolute Gasteiger partial charge is 0.339 e. The van der Waals surface area contributed by atoms with Crippen LogP contribution in [0.15, 0.2) is 4.74 Å². The molecule has 0 rings (SSSR count). The van der Waals surface area contributed by atoms with Crippen molar-refractivity contribution in [1.29, 1.82) is 0 Å². The standard InChI is InChI=1S/C3H6NO4P/c1-2(3(5)6)4-9(7)8/h2H,1H3,(H,5,6)(H,4,7,8). The van der Waals surface area contributed by atoms with Crippen molar-refractivity contribution in [1.82, 2.24) is 0 Å². The molecule has 0 aromatic rings. The van der Waals surface area contributed by atoms with Crippen molar-refractivity contribution in [2.75, 3.05) is 0 Å². The van der Waals surface area contributed by atoms with Crippen LogP contribution in [0.25, 0.3) is 0 Å². The van der Waals surface area contributed by atoms with Crippen LogP contribution in [0.3, 0.4) is 0 Å². The van der Waals surface area contributed by atoms with Gasteiger partial charge in [0.15, 0.2) is 6.04 Å². The Kier molecular flexibility index (Phi) is 3.30. The molecule has 0 heterocycles. The third-order valence-corrected chi connectivity index (χ3v) is 1.17. The predicted octanol–water partition coefficient (Wildman–Crippen LogP) is -0.692. The molecule has 0 radical (unpaired) electrons. The fourth-order valence-electron chi connectivity index (χ4n) is 0.198. The lowest BCUT2D eigenvalue weighted by Crippen LogP contribution is -2.12. The minimum absolute atomic E-state index is 1.10. The molecule has 2 N–H and O–H groups in total. The van der Waals surface area contributed by atoms with Crippen molar-refractivity contribution in [3.63, 3.8) is 0 Å². The number of hydrogen-bond donors (Lipinski definition) is 2. The van der Waals surface area contributed by atoms with E-state index in [2.05, 4.69) is 4.74 Å². The highest BCUT2D eigenvalue weighted by Crippen LogP contribution is 2.08. The molecule has 9 heavy (non-hydrogen) atoms. The molecular weight excluding hydrogens is 145 g/mol. The molecule has 0 spiro atoms. The predicted molar refractivity (Wildman–Crippen MR) is 28.7 cm³/mol. The molecular formula is C3H6NO4P. The summed E-state index contributed by atoms with van der Waals surface area (Å²) in [7, 11) is -2.68. The van der Waals surface area contributed by atoms with Crippen molar-refractivity contribution in [3.8, 4) is 0 Å². The third-order valence-electron chi connectivity index (χ3n) is 0.629. The van der Waals surface area contributed by atoms with E-state index in [0.717, 1.165) is 0 Å². The normalized spacial score (nSPS) is 15.2. The summed E-state index contributed by atoms with van der Waals surface area (Å²) >= 11 is 0. The summed E-state index contributed by atoms with van der Waals surface area (Å²) in [5.41, 5.74) is 0. The van der Waals surface area contributed by atoms with Crippen molar-refractivity contribution in [2.45, 2.75) is 13.0 Å². The Bertz CT molecular complexity index is 141. The third kappa shape index (κ3) is 4.02. The van der Waals surface area contributed by atoms with Gasteiger partial charge in [0.2, 0.25) is 0 Å². The van der Waals surface area contributed by atoms with Crippen LogP contribution >= 0.6 is 8.17 Å². The summed E-state index contributed by atoms with van der Waals surface area (Å²) in [5.74, 6) is -1.20. The highest BCUT2D eigenvalue weighted by Gasteiger charge is 2.11. The molecule has 2 unspecified atom stereocenters. The first-order valence-electron chi connectivity index (χ1n) is 2.13. The van der Waals surface area contributed by atoms with Crippen molar-refractivity contribution < 1.29 is 19.7 Å². The summed E-state index contributed by atoms with van der Waals surface area (Å²) in [4.78, 5) is 27.8. The van der Waals surface area contributed by atoms with Gasteiger partial charge in [-0.1, -0.05) is 4.74 Å². The van der Waals surface area contributed by atoms with Crippen LogP contribution in [-0.2, 0) is 4.79 Å². The zero-order valence-corrected chi connectivity index (χ0v) is 5.58. The summed E-state index contributed by atoms with van der Waals surface area (Å²) in [5, 5.41) is 8.10. The molecule has 5 nitrogen and oxygen atoms in total. The van der Waals surface area contributed by atoms with Gasteiger partial charge in [0.25, 0.3) is 0 Å². The van der Waals surface area contributed by atoms with Crippen molar-refractivity contribution >= 4 is 14.1 Å². The fourth-order valence-corrected chi connectivity index (χ4v) is 0.593. The monoisotopic (exact) mass is 151 g/mol. The van der Waals surface area contributed by atoms with Crippen LogP contribution in [0.2, 0.25) is 0 Å². The molecule has 6 heteroatoms. The van der Waals surface area contributed by atoms with Gasteiger partial charge in [-0.2, -0.15) is 4.89 Å². The topological polar surface area (TPSA) is 93.0 Å². The van der Waals surface area contributed by atoms with Crippen LogP contribution in [0.4, 0.5) is 0 Å². The number of carbonyl (C=O) groups is 1. The molecule has 2 atom stereocenters. The molecule has 0 aromatic carbocycles. The summed E-state index contributed by atoms with van der Waals surface area (Å²) in [6.45, 7) is 1.23. The SMILES string of the molecule is CC(/N=[P+](\[O-])O)C(=O)O. The highest BCUT2D eigenvalue weighted by atomic mass is 31.1. The van der Waals surface area contributed by atoms with E-state index in [9.17, 15) is 9.69 Å². The Labute approximate surface area is 52.6 Å². The molecule has 0 aliphatic rings. The van der Waals surface area contributed by atoms with E-state index in [-0.39, 0.29) is 0 Å². The number of carboxylic acids is 1. The van der Waals surface area contributed by atoms with Crippen molar-refractivity contribution in [3.05, 3.63) is 0 Å². The van der Waals surface area contributed by atoms with Crippen LogP contribution in [0.5, 0.6) is 0 Å². The Morgan fingerprint density at radius 3 is 2.44 bits per heavy atom. The molecule has 0 fully saturated rings. The molecule has 0 saturated carbocycles. The second-order valence-electron chi connectivity index (χ2n) is 1.38. The summed E-state index contributed by atoms with van der Waals surface area (Å²) in [6.07, 6.45) is 0. The fraction of sp³-hybridized carbons (Fsp3) is 0.667. The minimum Gasteiger partial charge on any atom is -0.584 e. The van der Waals surface area contributed by atoms with E-state index < -0.39 is 20.2 Å². The Hall–Kier alpha value is -0.510. The minimum atomic E-state index is -2.68. The van der Waals surface area contributed by atoms with Crippen molar-refractivity contribution in [2.24, 2.45) is 4.74 Å². The summed E-state index contributed by atoms with van der Waals surface area (Å²) in [6, 6.07) is -1.10. The van der Waals surface area contributed by atoms with Gasteiger partial charge in [0, 0.05) is 0 Å². The molecule has 0 amide bonds. The van der Waals surface area contributed by atoms with Crippen LogP contribution in [-0.4, -0.2) is 22.0 Å². The van der Waals surface area contributed by atoms with E-state index >= 15 is 0 Å². The van der Waals surface area contributed by atoms with Gasteiger partial charge in [-0.3, -0.25) is 0 Å². The van der Waals surface area contributed by atoms with E-state index in [1.165, 1.54) is 6.92 Å². The Morgan fingerprint density at radius 2 is 2.33 bits per heavy atom. The summed E-state index contributed by atoms with van der Waals surface area (Å²) < 4.78 is 2.94. The zero-order valence-electron chi connectivity index (χ0n) is 4.68. The van der Waals surface area contributed by atoms with Crippen LogP contribution in [0, 0.1) is 0 Å². The number of rotatable bonds is 2. The maximum absolute atomic E-state index is 9.90. The lowest BCUT2D eigenvalue weighted by Gasteiger charge is -1.91. The highest BCUT2D eigenvalue weighted by molar-refractivity contribution is 7.32. The average molecular weight is 151 g/mol. The quantitative estimate of drug-likeness (QED) is 0.510. The maximum Gasteiger partial charge on any atom is 0.339 e. The Balaban J connectivity index is 3.91. The maximum atomic E-state index is 9.90. The van der Waals surface area contributed by atoms with Crippen LogP contribution < -0.4 is 4.89 Å².